The van der Waals surface area contributed by atoms with Crippen molar-refractivity contribution in [3.05, 3.63) is 22.4 Å². The normalized spacial score (nSPS) is 12.5. The van der Waals surface area contributed by atoms with Gasteiger partial charge in [0.1, 0.15) is 0 Å². The van der Waals surface area contributed by atoms with E-state index in [1.165, 1.54) is 18.4 Å². The van der Waals surface area contributed by atoms with Gasteiger partial charge >= 0.3 is 0 Å². The second kappa shape index (κ2) is 4.23. The van der Waals surface area contributed by atoms with Crippen molar-refractivity contribution in [2.24, 2.45) is 0 Å². The summed E-state index contributed by atoms with van der Waals surface area (Å²) in [5.74, 6) is -0.111. The summed E-state index contributed by atoms with van der Waals surface area (Å²) < 4.78 is 5.05. The predicted molar refractivity (Wildman–Crippen MR) is 48.1 cm³/mol. The molecule has 0 saturated heterocycles. The number of amides is 1. The minimum Gasteiger partial charge on any atom is -0.366 e. The number of ether oxygens (including phenoxy) is 1. The largest absolute Gasteiger partial charge is 0.366 e. The number of likely N-dealkylation sites (N-methyl/N-ethyl adjacent to an activating group) is 1. The van der Waals surface area contributed by atoms with E-state index >= 15 is 0 Å². The lowest BCUT2D eigenvalue weighted by molar-refractivity contribution is -0.130. The Balaban J connectivity index is 2.76. The Morgan fingerprint density at radius 1 is 1.75 bits per heavy atom. The monoisotopic (exact) mass is 185 g/mol. The van der Waals surface area contributed by atoms with Crippen LogP contribution in [0.2, 0.25) is 0 Å². The van der Waals surface area contributed by atoms with E-state index in [9.17, 15) is 4.79 Å². The van der Waals surface area contributed by atoms with Crippen LogP contribution in [0.4, 0.5) is 0 Å². The molecule has 12 heavy (non-hydrogen) atoms. The van der Waals surface area contributed by atoms with Crippen molar-refractivity contribution < 1.29 is 9.53 Å². The zero-order valence-electron chi connectivity index (χ0n) is 7.03. The summed E-state index contributed by atoms with van der Waals surface area (Å²) in [4.78, 5) is 12.1. The van der Waals surface area contributed by atoms with Crippen molar-refractivity contribution in [2.75, 3.05) is 14.2 Å². The second-order valence-corrected chi connectivity index (χ2v) is 3.22. The molecule has 4 heteroatoms. The molecule has 0 aliphatic heterocycles. The van der Waals surface area contributed by atoms with E-state index < -0.39 is 6.10 Å². The highest BCUT2D eigenvalue weighted by Gasteiger charge is 2.18. The Kier molecular flexibility index (Phi) is 3.25. The Morgan fingerprint density at radius 2 is 2.50 bits per heavy atom. The number of carbonyl (C=O) groups excluding carboxylic acids is 1. The first kappa shape index (κ1) is 9.22. The molecular weight excluding hydrogens is 174 g/mol. The quantitative estimate of drug-likeness (QED) is 0.768. The molecule has 1 N–H and O–H groups in total. The highest BCUT2D eigenvalue weighted by Crippen LogP contribution is 2.21. The molecule has 0 aromatic carbocycles. The van der Waals surface area contributed by atoms with Crippen LogP contribution in [0.5, 0.6) is 0 Å². The van der Waals surface area contributed by atoms with Crippen LogP contribution in [0.1, 0.15) is 11.0 Å². The lowest BCUT2D eigenvalue weighted by atomic mass is 10.3. The molecule has 0 bridgehead atoms. The van der Waals surface area contributed by atoms with E-state index in [4.69, 9.17) is 4.74 Å². The third-order valence-electron chi connectivity index (χ3n) is 1.52. The van der Waals surface area contributed by atoms with Crippen LogP contribution >= 0.6 is 11.3 Å². The molecule has 0 saturated carbocycles. The van der Waals surface area contributed by atoms with E-state index in [1.54, 1.807) is 7.05 Å². The number of hydrogen-bond acceptors (Lipinski definition) is 3. The summed E-state index contributed by atoms with van der Waals surface area (Å²) in [6, 6.07) is 3.78. The summed E-state index contributed by atoms with van der Waals surface area (Å²) in [6.07, 6.45) is -0.463. The maximum absolute atomic E-state index is 11.2. The molecule has 66 valence electrons. The molecule has 0 spiro atoms. The van der Waals surface area contributed by atoms with Gasteiger partial charge in [0.25, 0.3) is 5.91 Å². The van der Waals surface area contributed by atoms with E-state index in [1.807, 2.05) is 17.5 Å². The van der Waals surface area contributed by atoms with Crippen molar-refractivity contribution >= 4 is 17.2 Å². The van der Waals surface area contributed by atoms with Gasteiger partial charge in [0.05, 0.1) is 0 Å². The van der Waals surface area contributed by atoms with Gasteiger partial charge in [0, 0.05) is 19.0 Å². The molecular formula is C8H11NO2S. The van der Waals surface area contributed by atoms with E-state index in [-0.39, 0.29) is 5.91 Å². The third-order valence-corrected chi connectivity index (χ3v) is 2.44. The Bertz CT molecular complexity index is 246. The van der Waals surface area contributed by atoms with Gasteiger partial charge in [-0.2, -0.15) is 0 Å². The Labute approximate surface area is 75.4 Å². The lowest BCUT2D eigenvalue weighted by Crippen LogP contribution is -2.26. The van der Waals surface area contributed by atoms with Crippen LogP contribution < -0.4 is 5.32 Å². The van der Waals surface area contributed by atoms with E-state index in [0.29, 0.717) is 0 Å². The predicted octanol–water partition coefficient (Wildman–Crippen LogP) is 1.18. The standard InChI is InChI=1S/C8H11NO2S/c1-9-8(10)7(11-2)6-4-3-5-12-6/h3-5,7H,1-2H3,(H,9,10). The Morgan fingerprint density at radius 3 is 2.92 bits per heavy atom. The smallest absolute Gasteiger partial charge is 0.254 e. The highest BCUT2D eigenvalue weighted by molar-refractivity contribution is 7.10. The molecule has 1 heterocycles. The van der Waals surface area contributed by atoms with Crippen molar-refractivity contribution in [3.63, 3.8) is 0 Å². The number of thiophene rings is 1. The fourth-order valence-corrected chi connectivity index (χ4v) is 1.72. The van der Waals surface area contributed by atoms with Gasteiger partial charge in [-0.1, -0.05) is 6.07 Å². The van der Waals surface area contributed by atoms with Crippen LogP contribution in [-0.4, -0.2) is 20.1 Å². The summed E-state index contributed by atoms with van der Waals surface area (Å²) in [6.45, 7) is 0. The first-order valence-electron chi connectivity index (χ1n) is 3.57. The first-order valence-corrected chi connectivity index (χ1v) is 4.45. The highest BCUT2D eigenvalue weighted by atomic mass is 32.1. The zero-order chi connectivity index (χ0) is 8.97. The molecule has 1 aromatic rings. The van der Waals surface area contributed by atoms with Crippen molar-refractivity contribution in [1.29, 1.82) is 0 Å². The summed E-state index contributed by atoms with van der Waals surface area (Å²) in [5, 5.41) is 4.47. The topological polar surface area (TPSA) is 38.3 Å². The number of nitrogens with one attached hydrogen (secondary N) is 1. The average molecular weight is 185 g/mol. The summed E-state index contributed by atoms with van der Waals surface area (Å²) >= 11 is 1.51. The third kappa shape index (κ3) is 1.84. The van der Waals surface area contributed by atoms with Crippen LogP contribution in [0.25, 0.3) is 0 Å². The van der Waals surface area contributed by atoms with Gasteiger partial charge < -0.3 is 10.1 Å². The van der Waals surface area contributed by atoms with Crippen LogP contribution in [0.3, 0.4) is 0 Å². The van der Waals surface area contributed by atoms with Gasteiger partial charge in [-0.15, -0.1) is 11.3 Å². The SMILES string of the molecule is CNC(=O)C(OC)c1cccs1. The molecule has 1 amide bonds. The fourth-order valence-electron chi connectivity index (χ4n) is 0.924. The van der Waals surface area contributed by atoms with Gasteiger partial charge in [0.15, 0.2) is 6.10 Å². The molecule has 0 aliphatic rings. The molecule has 1 unspecified atom stereocenters. The van der Waals surface area contributed by atoms with Crippen molar-refractivity contribution in [2.45, 2.75) is 6.10 Å². The maximum atomic E-state index is 11.2. The van der Waals surface area contributed by atoms with Gasteiger partial charge in [0.2, 0.25) is 0 Å². The second-order valence-electron chi connectivity index (χ2n) is 2.25. The molecule has 3 nitrogen and oxygen atoms in total. The van der Waals surface area contributed by atoms with Crippen molar-refractivity contribution in [1.82, 2.24) is 5.32 Å². The molecule has 1 atom stereocenters. The van der Waals surface area contributed by atoms with Crippen molar-refractivity contribution in [3.8, 4) is 0 Å². The number of rotatable bonds is 3. The average Bonchev–Trinajstić information content (AvgIpc) is 2.58. The van der Waals surface area contributed by atoms with E-state index in [2.05, 4.69) is 5.32 Å². The van der Waals surface area contributed by atoms with Gasteiger partial charge in [-0.25, -0.2) is 0 Å². The minimum atomic E-state index is -0.463. The Hall–Kier alpha value is -0.870. The van der Waals surface area contributed by atoms with E-state index in [0.717, 1.165) is 4.88 Å². The number of carbonyl (C=O) groups is 1. The molecule has 1 aromatic heterocycles. The molecule has 1 rings (SSSR count). The van der Waals surface area contributed by atoms with Crippen LogP contribution in [-0.2, 0) is 9.53 Å². The number of methoxy groups -OCH3 is 1. The fraction of sp³-hybridized carbons (Fsp3) is 0.375. The van der Waals surface area contributed by atoms with Gasteiger partial charge in [-0.3, -0.25) is 4.79 Å². The zero-order valence-corrected chi connectivity index (χ0v) is 7.85. The minimum absolute atomic E-state index is 0.111. The van der Waals surface area contributed by atoms with Crippen LogP contribution in [0.15, 0.2) is 17.5 Å². The molecule has 0 radical (unpaired) electrons. The first-order chi connectivity index (χ1) is 5.79. The molecule has 0 fully saturated rings. The summed E-state index contributed by atoms with van der Waals surface area (Å²) in [7, 11) is 3.13. The van der Waals surface area contributed by atoms with Crippen LogP contribution in [0, 0.1) is 0 Å². The summed E-state index contributed by atoms with van der Waals surface area (Å²) in [5.41, 5.74) is 0. The maximum Gasteiger partial charge on any atom is 0.254 e. The molecule has 0 aliphatic carbocycles. The lowest BCUT2D eigenvalue weighted by Gasteiger charge is -2.10. The van der Waals surface area contributed by atoms with Gasteiger partial charge in [-0.05, 0) is 11.4 Å². The number of hydrogen-bond donors (Lipinski definition) is 1.